The molecule has 0 aliphatic carbocycles. The van der Waals surface area contributed by atoms with Gasteiger partial charge in [-0.15, -0.1) is 11.8 Å². The molecule has 5 heteroatoms. The molecule has 1 atom stereocenters. The van der Waals surface area contributed by atoms with Crippen molar-refractivity contribution in [3.05, 3.63) is 23.8 Å². The monoisotopic (exact) mass is 239 g/mol. The lowest BCUT2D eigenvalue weighted by molar-refractivity contribution is -0.118. The van der Waals surface area contributed by atoms with Crippen LogP contribution >= 0.6 is 11.8 Å². The van der Waals surface area contributed by atoms with Gasteiger partial charge in [0.2, 0.25) is 5.91 Å². The minimum absolute atomic E-state index is 0.0200. The minimum Gasteiger partial charge on any atom is -0.497 e. The standard InChI is InChI=1S/C11H13NO3S/c1-14-7-3-4-8(9(5-7)15-2)11-12-10(13)6-16-11/h3-5,11H,6H2,1-2H3,(H,12,13). The van der Waals surface area contributed by atoms with Crippen LogP contribution in [-0.2, 0) is 4.79 Å². The van der Waals surface area contributed by atoms with Crippen LogP contribution in [0.1, 0.15) is 10.9 Å². The average molecular weight is 239 g/mol. The maximum atomic E-state index is 11.2. The SMILES string of the molecule is COc1ccc(C2NC(=O)CS2)c(OC)c1. The zero-order chi connectivity index (χ0) is 11.5. The zero-order valence-corrected chi connectivity index (χ0v) is 9.97. The summed E-state index contributed by atoms with van der Waals surface area (Å²) in [4.78, 5) is 11.2. The molecule has 1 saturated heterocycles. The summed E-state index contributed by atoms with van der Waals surface area (Å²) >= 11 is 1.57. The molecule has 1 amide bonds. The van der Waals surface area contributed by atoms with Crippen molar-refractivity contribution in [3.63, 3.8) is 0 Å². The van der Waals surface area contributed by atoms with Crippen LogP contribution in [0.25, 0.3) is 0 Å². The predicted octanol–water partition coefficient (Wildman–Crippen LogP) is 1.57. The van der Waals surface area contributed by atoms with Crippen molar-refractivity contribution >= 4 is 17.7 Å². The number of hydrogen-bond acceptors (Lipinski definition) is 4. The number of rotatable bonds is 3. The first kappa shape index (κ1) is 11.1. The summed E-state index contributed by atoms with van der Waals surface area (Å²) in [6, 6.07) is 5.60. The van der Waals surface area contributed by atoms with Crippen molar-refractivity contribution in [2.45, 2.75) is 5.37 Å². The zero-order valence-electron chi connectivity index (χ0n) is 9.15. The third-order valence-electron chi connectivity index (χ3n) is 2.40. The predicted molar refractivity (Wildman–Crippen MR) is 62.9 cm³/mol. The van der Waals surface area contributed by atoms with Crippen molar-refractivity contribution in [1.82, 2.24) is 5.32 Å². The van der Waals surface area contributed by atoms with Gasteiger partial charge in [0, 0.05) is 11.6 Å². The molecular formula is C11H13NO3S. The highest BCUT2D eigenvalue weighted by Gasteiger charge is 2.25. The molecular weight excluding hydrogens is 226 g/mol. The molecule has 1 N–H and O–H groups in total. The van der Waals surface area contributed by atoms with Crippen LogP contribution < -0.4 is 14.8 Å². The Bertz CT molecular complexity index is 408. The van der Waals surface area contributed by atoms with Gasteiger partial charge in [-0.3, -0.25) is 4.79 Å². The first-order chi connectivity index (χ1) is 7.74. The van der Waals surface area contributed by atoms with Gasteiger partial charge in [-0.2, -0.15) is 0 Å². The van der Waals surface area contributed by atoms with E-state index in [1.165, 1.54) is 0 Å². The van der Waals surface area contributed by atoms with Crippen LogP contribution in [0, 0.1) is 0 Å². The maximum absolute atomic E-state index is 11.2. The lowest BCUT2D eigenvalue weighted by Gasteiger charge is -2.14. The first-order valence-corrected chi connectivity index (χ1v) is 5.92. The van der Waals surface area contributed by atoms with Gasteiger partial charge in [0.15, 0.2) is 0 Å². The third-order valence-corrected chi connectivity index (χ3v) is 3.53. The number of thioether (sulfide) groups is 1. The summed E-state index contributed by atoms with van der Waals surface area (Å²) in [5.74, 6) is 2.04. The molecule has 1 aromatic carbocycles. The summed E-state index contributed by atoms with van der Waals surface area (Å²) in [6.45, 7) is 0. The van der Waals surface area contributed by atoms with E-state index < -0.39 is 0 Å². The quantitative estimate of drug-likeness (QED) is 0.869. The molecule has 0 radical (unpaired) electrons. The van der Waals surface area contributed by atoms with E-state index in [1.54, 1.807) is 26.0 Å². The Balaban J connectivity index is 2.29. The van der Waals surface area contributed by atoms with E-state index >= 15 is 0 Å². The van der Waals surface area contributed by atoms with E-state index in [2.05, 4.69) is 5.32 Å². The largest absolute Gasteiger partial charge is 0.497 e. The highest BCUT2D eigenvalue weighted by atomic mass is 32.2. The molecule has 1 heterocycles. The molecule has 1 aliphatic heterocycles. The Hall–Kier alpha value is -1.36. The van der Waals surface area contributed by atoms with Crippen LogP contribution in [-0.4, -0.2) is 25.9 Å². The van der Waals surface area contributed by atoms with E-state index in [9.17, 15) is 4.79 Å². The molecule has 0 spiro atoms. The fourth-order valence-electron chi connectivity index (χ4n) is 1.59. The topological polar surface area (TPSA) is 47.6 Å². The average Bonchev–Trinajstić information content (AvgIpc) is 2.74. The molecule has 0 aromatic heterocycles. The second-order valence-corrected chi connectivity index (χ2v) is 4.46. The van der Waals surface area contributed by atoms with Crippen molar-refractivity contribution in [1.29, 1.82) is 0 Å². The van der Waals surface area contributed by atoms with Crippen molar-refractivity contribution < 1.29 is 14.3 Å². The van der Waals surface area contributed by atoms with Crippen LogP contribution in [0.2, 0.25) is 0 Å². The minimum atomic E-state index is -0.0200. The van der Waals surface area contributed by atoms with Gasteiger partial charge in [0.05, 0.1) is 20.0 Å². The van der Waals surface area contributed by atoms with E-state index in [-0.39, 0.29) is 11.3 Å². The normalized spacial score (nSPS) is 19.4. The fourth-order valence-corrected chi connectivity index (χ4v) is 2.58. The second-order valence-electron chi connectivity index (χ2n) is 3.37. The fraction of sp³-hybridized carbons (Fsp3) is 0.364. The first-order valence-electron chi connectivity index (χ1n) is 4.87. The van der Waals surface area contributed by atoms with E-state index in [4.69, 9.17) is 9.47 Å². The van der Waals surface area contributed by atoms with Gasteiger partial charge in [0.25, 0.3) is 0 Å². The van der Waals surface area contributed by atoms with Crippen LogP contribution in [0.15, 0.2) is 18.2 Å². The molecule has 1 fully saturated rings. The Morgan fingerprint density at radius 2 is 2.19 bits per heavy atom. The van der Waals surface area contributed by atoms with Gasteiger partial charge in [-0.05, 0) is 12.1 Å². The highest BCUT2D eigenvalue weighted by molar-refractivity contribution is 8.00. The summed E-state index contributed by atoms with van der Waals surface area (Å²) in [5, 5.41) is 2.87. The van der Waals surface area contributed by atoms with Gasteiger partial charge >= 0.3 is 0 Å². The number of carbonyl (C=O) groups is 1. The van der Waals surface area contributed by atoms with E-state index in [0.29, 0.717) is 5.75 Å². The number of carbonyl (C=O) groups excluding carboxylic acids is 1. The lowest BCUT2D eigenvalue weighted by Crippen LogP contribution is -2.19. The van der Waals surface area contributed by atoms with E-state index in [0.717, 1.165) is 17.1 Å². The lowest BCUT2D eigenvalue weighted by atomic mass is 10.2. The van der Waals surface area contributed by atoms with Crippen molar-refractivity contribution in [2.24, 2.45) is 0 Å². The number of hydrogen-bond donors (Lipinski definition) is 1. The molecule has 1 aromatic rings. The van der Waals surface area contributed by atoms with Gasteiger partial charge < -0.3 is 14.8 Å². The van der Waals surface area contributed by atoms with Crippen LogP contribution in [0.3, 0.4) is 0 Å². The molecule has 0 saturated carbocycles. The molecule has 1 unspecified atom stereocenters. The summed E-state index contributed by atoms with van der Waals surface area (Å²) in [5.41, 5.74) is 0.971. The Kier molecular flexibility index (Phi) is 3.24. The van der Waals surface area contributed by atoms with Crippen molar-refractivity contribution in [2.75, 3.05) is 20.0 Å². The van der Waals surface area contributed by atoms with Crippen molar-refractivity contribution in [3.8, 4) is 11.5 Å². The number of methoxy groups -OCH3 is 2. The van der Waals surface area contributed by atoms with Gasteiger partial charge in [0.1, 0.15) is 16.9 Å². The van der Waals surface area contributed by atoms with Crippen LogP contribution in [0.5, 0.6) is 11.5 Å². The summed E-state index contributed by atoms with van der Waals surface area (Å²) < 4.78 is 10.4. The molecule has 16 heavy (non-hydrogen) atoms. The molecule has 4 nitrogen and oxygen atoms in total. The summed E-state index contributed by atoms with van der Waals surface area (Å²) in [6.07, 6.45) is 0. The smallest absolute Gasteiger partial charge is 0.231 e. The number of benzene rings is 1. The molecule has 1 aliphatic rings. The van der Waals surface area contributed by atoms with Gasteiger partial charge in [-0.1, -0.05) is 0 Å². The maximum Gasteiger partial charge on any atom is 0.231 e. The number of nitrogens with one attached hydrogen (secondary N) is 1. The van der Waals surface area contributed by atoms with E-state index in [1.807, 2.05) is 18.2 Å². The summed E-state index contributed by atoms with van der Waals surface area (Å²) in [7, 11) is 3.22. The van der Waals surface area contributed by atoms with Gasteiger partial charge in [-0.25, -0.2) is 0 Å². The molecule has 2 rings (SSSR count). The highest BCUT2D eigenvalue weighted by Crippen LogP contribution is 2.37. The molecule has 86 valence electrons. The Morgan fingerprint density at radius 1 is 1.38 bits per heavy atom. The Labute approximate surface area is 98.3 Å². The van der Waals surface area contributed by atoms with Crippen LogP contribution in [0.4, 0.5) is 0 Å². The second kappa shape index (κ2) is 4.65. The number of ether oxygens (including phenoxy) is 2. The number of amides is 1. The molecule has 0 bridgehead atoms. The third kappa shape index (κ3) is 2.09. The Morgan fingerprint density at radius 3 is 2.75 bits per heavy atom.